The van der Waals surface area contributed by atoms with Crippen LogP contribution in [-0.4, -0.2) is 32.4 Å². The van der Waals surface area contributed by atoms with Crippen molar-refractivity contribution in [3.05, 3.63) is 70.8 Å². The van der Waals surface area contributed by atoms with E-state index in [4.69, 9.17) is 9.47 Å². The lowest BCUT2D eigenvalue weighted by Gasteiger charge is -2.28. The lowest BCUT2D eigenvalue weighted by Crippen LogP contribution is -2.23. The topological polar surface area (TPSA) is 69.7 Å². The van der Waals surface area contributed by atoms with E-state index in [1.165, 1.54) is 14.2 Å². The summed E-state index contributed by atoms with van der Waals surface area (Å²) in [4.78, 5) is 34.3. The molecule has 0 saturated heterocycles. The molecule has 0 fully saturated rings. The molecule has 0 aromatic heterocycles. The minimum Gasteiger partial charge on any atom is -0.465 e. The number of carbonyl (C=O) groups excluding carboxylic acids is 3. The van der Waals surface area contributed by atoms with Crippen LogP contribution < -0.4 is 0 Å². The second kappa shape index (κ2) is 9.12. The Morgan fingerprint density at radius 1 is 0.815 bits per heavy atom. The van der Waals surface area contributed by atoms with Gasteiger partial charge in [-0.05, 0) is 53.6 Å². The lowest BCUT2D eigenvalue weighted by atomic mass is 9.76. The molecule has 0 saturated carbocycles. The number of rotatable bonds is 8. The fourth-order valence-corrected chi connectivity index (χ4v) is 3.15. The number of hydrogen-bond acceptors (Lipinski definition) is 5. The third-order valence-corrected chi connectivity index (χ3v) is 4.59. The Bertz CT molecular complexity index is 729. The first-order chi connectivity index (χ1) is 12.9. The van der Waals surface area contributed by atoms with Gasteiger partial charge in [0.15, 0.2) is 0 Å². The normalized spacial score (nSPS) is 10.9. The average molecular weight is 368 g/mol. The third-order valence-electron chi connectivity index (χ3n) is 4.59. The Balaban J connectivity index is 2.15. The summed E-state index contributed by atoms with van der Waals surface area (Å²) in [7, 11) is 2.70. The van der Waals surface area contributed by atoms with Gasteiger partial charge < -0.3 is 14.3 Å². The van der Waals surface area contributed by atoms with Crippen molar-refractivity contribution in [2.24, 2.45) is 5.41 Å². The van der Waals surface area contributed by atoms with E-state index < -0.39 is 0 Å². The monoisotopic (exact) mass is 368 g/mol. The first kappa shape index (κ1) is 20.4. The van der Waals surface area contributed by atoms with Crippen LogP contribution in [0.25, 0.3) is 0 Å². The Morgan fingerprint density at radius 2 is 1.19 bits per heavy atom. The molecule has 0 aliphatic heterocycles. The molecule has 0 atom stereocenters. The van der Waals surface area contributed by atoms with Gasteiger partial charge in [-0.1, -0.05) is 31.2 Å². The van der Waals surface area contributed by atoms with Crippen molar-refractivity contribution in [1.82, 2.24) is 0 Å². The van der Waals surface area contributed by atoms with Crippen molar-refractivity contribution < 1.29 is 23.9 Å². The van der Waals surface area contributed by atoms with E-state index in [2.05, 4.69) is 6.92 Å². The smallest absolute Gasteiger partial charge is 0.337 e. The molecule has 0 radical (unpaired) electrons. The maximum Gasteiger partial charge on any atom is 0.337 e. The van der Waals surface area contributed by atoms with Crippen LogP contribution in [0.15, 0.2) is 48.5 Å². The fourth-order valence-electron chi connectivity index (χ4n) is 3.15. The summed E-state index contributed by atoms with van der Waals surface area (Å²) >= 11 is 0. The molecular formula is C22H24O5. The number of aldehydes is 1. The van der Waals surface area contributed by atoms with Crippen LogP contribution in [-0.2, 0) is 27.1 Å². The molecule has 0 aliphatic rings. The SMILES string of the molecule is COC(=O)c1ccc(CC(C)(CC=O)Cc2ccc(C(=O)OC)cc2)cc1. The second-order valence-corrected chi connectivity index (χ2v) is 6.91. The second-order valence-electron chi connectivity index (χ2n) is 6.91. The average Bonchev–Trinajstić information content (AvgIpc) is 2.68. The van der Waals surface area contributed by atoms with E-state index in [0.29, 0.717) is 30.4 Å². The van der Waals surface area contributed by atoms with Crippen LogP contribution in [0.1, 0.15) is 45.2 Å². The lowest BCUT2D eigenvalue weighted by molar-refractivity contribution is -0.109. The molecule has 0 spiro atoms. The van der Waals surface area contributed by atoms with Gasteiger partial charge in [0.25, 0.3) is 0 Å². The zero-order chi connectivity index (χ0) is 19.9. The number of carbonyl (C=O) groups is 3. The fraction of sp³-hybridized carbons (Fsp3) is 0.318. The Morgan fingerprint density at radius 3 is 1.48 bits per heavy atom. The van der Waals surface area contributed by atoms with Gasteiger partial charge in [0.1, 0.15) is 6.29 Å². The van der Waals surface area contributed by atoms with Crippen molar-refractivity contribution in [3.63, 3.8) is 0 Å². The first-order valence-corrected chi connectivity index (χ1v) is 8.69. The Hall–Kier alpha value is -2.95. The van der Waals surface area contributed by atoms with Crippen LogP contribution >= 0.6 is 0 Å². The van der Waals surface area contributed by atoms with Gasteiger partial charge in [0, 0.05) is 6.42 Å². The molecule has 0 N–H and O–H groups in total. The molecular weight excluding hydrogens is 344 g/mol. The highest BCUT2D eigenvalue weighted by Gasteiger charge is 2.25. The van der Waals surface area contributed by atoms with Crippen molar-refractivity contribution >= 4 is 18.2 Å². The Kier molecular flexibility index (Phi) is 6.88. The zero-order valence-corrected chi connectivity index (χ0v) is 15.9. The molecule has 27 heavy (non-hydrogen) atoms. The quantitative estimate of drug-likeness (QED) is 0.525. The van der Waals surface area contributed by atoms with E-state index in [-0.39, 0.29) is 17.4 Å². The summed E-state index contributed by atoms with van der Waals surface area (Å²) in [5.41, 5.74) is 2.80. The highest BCUT2D eigenvalue weighted by atomic mass is 16.5. The highest BCUT2D eigenvalue weighted by molar-refractivity contribution is 5.89. The number of methoxy groups -OCH3 is 2. The molecule has 0 bridgehead atoms. The summed E-state index contributed by atoms with van der Waals surface area (Å²) in [6.07, 6.45) is 2.72. The molecule has 2 rings (SSSR count). The summed E-state index contributed by atoms with van der Waals surface area (Å²) in [6, 6.07) is 14.5. The summed E-state index contributed by atoms with van der Waals surface area (Å²) < 4.78 is 9.42. The van der Waals surface area contributed by atoms with Crippen LogP contribution in [0.3, 0.4) is 0 Å². The van der Waals surface area contributed by atoms with E-state index in [1.807, 2.05) is 24.3 Å². The minimum absolute atomic E-state index is 0.276. The van der Waals surface area contributed by atoms with Gasteiger partial charge in [0.05, 0.1) is 25.3 Å². The first-order valence-electron chi connectivity index (χ1n) is 8.69. The predicted octanol–water partition coefficient (Wildman–Crippen LogP) is 3.64. The van der Waals surface area contributed by atoms with Gasteiger partial charge in [-0.25, -0.2) is 9.59 Å². The zero-order valence-electron chi connectivity index (χ0n) is 15.9. The van der Waals surface area contributed by atoms with Crippen LogP contribution in [0.5, 0.6) is 0 Å². The van der Waals surface area contributed by atoms with Crippen molar-refractivity contribution in [2.45, 2.75) is 26.2 Å². The van der Waals surface area contributed by atoms with Crippen LogP contribution in [0.2, 0.25) is 0 Å². The van der Waals surface area contributed by atoms with Crippen molar-refractivity contribution in [1.29, 1.82) is 0 Å². The van der Waals surface area contributed by atoms with Gasteiger partial charge in [0.2, 0.25) is 0 Å². The van der Waals surface area contributed by atoms with Crippen molar-refractivity contribution in [2.75, 3.05) is 14.2 Å². The number of ether oxygens (including phenoxy) is 2. The molecule has 2 aromatic rings. The van der Waals surface area contributed by atoms with Gasteiger partial charge >= 0.3 is 11.9 Å². The molecule has 0 aliphatic carbocycles. The number of esters is 2. The van der Waals surface area contributed by atoms with Crippen molar-refractivity contribution in [3.8, 4) is 0 Å². The highest BCUT2D eigenvalue weighted by Crippen LogP contribution is 2.31. The van der Waals surface area contributed by atoms with E-state index in [0.717, 1.165) is 17.4 Å². The van der Waals surface area contributed by atoms with Crippen LogP contribution in [0, 0.1) is 5.41 Å². The maximum absolute atomic E-state index is 11.5. The largest absolute Gasteiger partial charge is 0.465 e. The summed E-state index contributed by atoms with van der Waals surface area (Å²) in [5, 5.41) is 0. The third kappa shape index (κ3) is 5.51. The molecule has 5 heteroatoms. The van der Waals surface area contributed by atoms with Crippen LogP contribution in [0.4, 0.5) is 0 Å². The molecule has 0 heterocycles. The molecule has 0 amide bonds. The standard InChI is InChI=1S/C22H24O5/c1-22(12-13-23,14-16-4-8-18(9-5-16)20(24)26-2)15-17-6-10-19(11-7-17)21(25)27-3/h4-11,13H,12,14-15H2,1-3H3. The summed E-state index contributed by atoms with van der Waals surface area (Å²) in [6.45, 7) is 2.06. The Labute approximate surface area is 159 Å². The van der Waals surface area contributed by atoms with Gasteiger partial charge in [-0.15, -0.1) is 0 Å². The van der Waals surface area contributed by atoms with Gasteiger partial charge in [-0.3, -0.25) is 0 Å². The van der Waals surface area contributed by atoms with E-state index in [9.17, 15) is 14.4 Å². The number of hydrogen-bond donors (Lipinski definition) is 0. The predicted molar refractivity (Wildman–Crippen MR) is 102 cm³/mol. The molecule has 5 nitrogen and oxygen atoms in total. The molecule has 0 unspecified atom stereocenters. The minimum atomic E-state index is -0.372. The van der Waals surface area contributed by atoms with E-state index >= 15 is 0 Å². The van der Waals surface area contributed by atoms with E-state index in [1.54, 1.807) is 24.3 Å². The summed E-state index contributed by atoms with van der Waals surface area (Å²) in [5.74, 6) is -0.745. The van der Waals surface area contributed by atoms with Gasteiger partial charge in [-0.2, -0.15) is 0 Å². The molecule has 142 valence electrons. The number of benzene rings is 2. The maximum atomic E-state index is 11.5. The molecule has 2 aromatic carbocycles.